The number of nitrogens with one attached hydrogen (secondary N) is 1. The first-order valence-electron chi connectivity index (χ1n) is 12.6. The number of nitrogens with zero attached hydrogens (tertiary/aromatic N) is 1. The lowest BCUT2D eigenvalue weighted by Gasteiger charge is -2.18. The van der Waals surface area contributed by atoms with E-state index in [4.69, 9.17) is 14.6 Å². The fourth-order valence-corrected chi connectivity index (χ4v) is 4.45. The van der Waals surface area contributed by atoms with Gasteiger partial charge in [0.15, 0.2) is 0 Å². The molecule has 2 N–H and O–H groups in total. The van der Waals surface area contributed by atoms with Crippen molar-refractivity contribution in [3.05, 3.63) is 77.1 Å². The van der Waals surface area contributed by atoms with Crippen LogP contribution in [0, 0.1) is 12.7 Å². The van der Waals surface area contributed by atoms with E-state index in [2.05, 4.69) is 9.73 Å². The van der Waals surface area contributed by atoms with E-state index in [1.165, 1.54) is 42.3 Å². The maximum Gasteiger partial charge on any atom is 0.573 e. The molecule has 12 heteroatoms. The van der Waals surface area contributed by atoms with Crippen LogP contribution >= 0.6 is 0 Å². The number of carboxylic acids is 1. The number of rotatable bonds is 10. The summed E-state index contributed by atoms with van der Waals surface area (Å²) in [4.78, 5) is 29.2. The Morgan fingerprint density at radius 1 is 1.02 bits per heavy atom. The van der Waals surface area contributed by atoms with E-state index in [9.17, 15) is 27.2 Å². The normalized spacial score (nSPS) is 13.1. The Labute approximate surface area is 232 Å². The van der Waals surface area contributed by atoms with Gasteiger partial charge in [0.05, 0.1) is 37.1 Å². The fourth-order valence-electron chi connectivity index (χ4n) is 4.45. The third kappa shape index (κ3) is 7.53. The summed E-state index contributed by atoms with van der Waals surface area (Å²) in [7, 11) is 1.44. The Balaban J connectivity index is 1.74. The fraction of sp³-hybridized carbons (Fsp3) is 0.276. The molecule has 1 heterocycles. The highest BCUT2D eigenvalue weighted by Gasteiger charge is 2.35. The van der Waals surface area contributed by atoms with Crippen molar-refractivity contribution >= 4 is 29.0 Å². The van der Waals surface area contributed by atoms with Crippen molar-refractivity contribution in [3.8, 4) is 17.2 Å². The zero-order chi connectivity index (χ0) is 29.7. The first-order chi connectivity index (χ1) is 19.4. The summed E-state index contributed by atoms with van der Waals surface area (Å²) in [5.74, 6) is -1.74. The lowest BCUT2D eigenvalue weighted by Crippen LogP contribution is -2.70. The summed E-state index contributed by atoms with van der Waals surface area (Å²) in [6.07, 6.45) is -4.28. The molecule has 0 saturated carbocycles. The van der Waals surface area contributed by atoms with Crippen LogP contribution in [0.4, 0.5) is 28.9 Å². The van der Waals surface area contributed by atoms with Gasteiger partial charge in [0, 0.05) is 25.1 Å². The van der Waals surface area contributed by atoms with Crippen molar-refractivity contribution in [1.82, 2.24) is 0 Å². The predicted molar refractivity (Wildman–Crippen MR) is 140 cm³/mol. The molecule has 0 saturated heterocycles. The molecule has 4 rings (SSSR count). The van der Waals surface area contributed by atoms with Crippen molar-refractivity contribution < 1.29 is 51.5 Å². The molecule has 216 valence electrons. The SMILES string of the molecule is COc1cc([NH+]=C(C(=O)N2CCc3ccc(OC(F)(F)F)cc32)c2ccc(F)cc2C)cc(OCCCC(=O)O)c1. The van der Waals surface area contributed by atoms with E-state index in [-0.39, 0.29) is 37.4 Å². The van der Waals surface area contributed by atoms with Gasteiger partial charge in [-0.15, -0.1) is 13.2 Å². The molecule has 0 fully saturated rings. The maximum atomic E-state index is 14.0. The number of carbonyl (C=O) groups excluding carboxylic acids is 1. The number of fused-ring (bicyclic) bond motifs is 1. The number of anilines is 1. The highest BCUT2D eigenvalue weighted by atomic mass is 19.4. The van der Waals surface area contributed by atoms with E-state index < -0.39 is 29.8 Å². The summed E-state index contributed by atoms with van der Waals surface area (Å²) < 4.78 is 67.6. The second-order valence-electron chi connectivity index (χ2n) is 9.25. The van der Waals surface area contributed by atoms with Crippen molar-refractivity contribution in [2.75, 3.05) is 25.2 Å². The minimum atomic E-state index is -4.90. The summed E-state index contributed by atoms with van der Waals surface area (Å²) in [6, 6.07) is 12.5. The topological polar surface area (TPSA) is 99.3 Å². The molecule has 0 bridgehead atoms. The number of carboxylic acid groups (broad SMARTS) is 1. The Kier molecular flexibility index (Phi) is 8.80. The Bertz CT molecular complexity index is 1490. The van der Waals surface area contributed by atoms with Gasteiger partial charge in [-0.3, -0.25) is 9.59 Å². The first kappa shape index (κ1) is 29.4. The number of alkyl halides is 3. The summed E-state index contributed by atoms with van der Waals surface area (Å²) in [6.45, 7) is 1.95. The van der Waals surface area contributed by atoms with E-state index >= 15 is 0 Å². The molecule has 0 atom stereocenters. The van der Waals surface area contributed by atoms with Crippen molar-refractivity contribution in [2.45, 2.75) is 32.5 Å². The minimum Gasteiger partial charge on any atom is -0.496 e. The standard InChI is InChI=1S/C29H26F4N2O6/c1-17-12-19(30)6-8-24(17)27(34-20-13-22(39-2)15-23(14-20)40-11-3-4-26(36)37)28(38)35-10-9-18-5-7-21(16-25(18)35)41-29(31,32)33/h5-8,12-16H,3-4,9-11H2,1-2H3,(H,36,37)/p+1. The number of aryl methyl sites for hydroxylation is 1. The second-order valence-corrected chi connectivity index (χ2v) is 9.25. The van der Waals surface area contributed by atoms with Gasteiger partial charge < -0.3 is 24.2 Å². The maximum absolute atomic E-state index is 14.0. The van der Waals surface area contributed by atoms with Crippen molar-refractivity contribution in [1.29, 1.82) is 0 Å². The monoisotopic (exact) mass is 575 g/mol. The number of carbonyl (C=O) groups is 2. The van der Waals surface area contributed by atoms with Crippen molar-refractivity contribution in [3.63, 3.8) is 0 Å². The summed E-state index contributed by atoms with van der Waals surface area (Å²) in [5.41, 5.74) is 2.17. The molecule has 1 aliphatic heterocycles. The van der Waals surface area contributed by atoms with E-state index in [1.54, 1.807) is 25.1 Å². The molecular weight excluding hydrogens is 548 g/mol. The number of hydrogen-bond acceptors (Lipinski definition) is 5. The molecule has 3 aromatic carbocycles. The number of hydrogen-bond donors (Lipinski definition) is 2. The lowest BCUT2D eigenvalue weighted by atomic mass is 10.0. The summed E-state index contributed by atoms with van der Waals surface area (Å²) in [5, 5.41) is 8.85. The van der Waals surface area contributed by atoms with Crippen molar-refractivity contribution in [2.24, 2.45) is 0 Å². The Morgan fingerprint density at radius 2 is 1.78 bits per heavy atom. The molecule has 3 aromatic rings. The van der Waals surface area contributed by atoms with Gasteiger partial charge in [0.25, 0.3) is 5.71 Å². The number of halogens is 4. The highest BCUT2D eigenvalue weighted by molar-refractivity contribution is 6.47. The zero-order valence-corrected chi connectivity index (χ0v) is 22.2. The van der Waals surface area contributed by atoms with Crippen LogP contribution in [-0.2, 0) is 16.0 Å². The van der Waals surface area contributed by atoms with Gasteiger partial charge in [0.1, 0.15) is 23.1 Å². The quantitative estimate of drug-likeness (QED) is 0.215. The molecule has 1 amide bonds. The van der Waals surface area contributed by atoms with Gasteiger partial charge in [-0.1, -0.05) is 6.07 Å². The van der Waals surface area contributed by atoms with Gasteiger partial charge in [0.2, 0.25) is 5.69 Å². The third-order valence-corrected chi connectivity index (χ3v) is 6.29. The zero-order valence-electron chi connectivity index (χ0n) is 22.2. The Morgan fingerprint density at radius 3 is 2.46 bits per heavy atom. The molecule has 41 heavy (non-hydrogen) atoms. The van der Waals surface area contributed by atoms with Crippen LogP contribution in [0.25, 0.3) is 0 Å². The summed E-state index contributed by atoms with van der Waals surface area (Å²) >= 11 is 0. The van der Waals surface area contributed by atoms with Crippen LogP contribution in [0.3, 0.4) is 0 Å². The molecular formula is C29H27F4N2O6+. The molecule has 0 spiro atoms. The number of benzene rings is 3. The third-order valence-electron chi connectivity index (χ3n) is 6.29. The number of methoxy groups -OCH3 is 1. The highest BCUT2D eigenvalue weighted by Crippen LogP contribution is 2.34. The van der Waals surface area contributed by atoms with E-state index in [1.807, 2.05) is 0 Å². The van der Waals surface area contributed by atoms with E-state index in [0.29, 0.717) is 40.3 Å². The van der Waals surface area contributed by atoms with Crippen LogP contribution in [0.15, 0.2) is 54.6 Å². The minimum absolute atomic E-state index is 0.0440. The molecule has 0 unspecified atom stereocenters. The average Bonchev–Trinajstić information content (AvgIpc) is 3.32. The van der Waals surface area contributed by atoms with Crippen LogP contribution in [0.5, 0.6) is 17.2 Å². The van der Waals surface area contributed by atoms with Crippen LogP contribution in [0.2, 0.25) is 0 Å². The van der Waals surface area contributed by atoms with Gasteiger partial charge >= 0.3 is 18.2 Å². The number of aliphatic carboxylic acids is 1. The number of ether oxygens (including phenoxy) is 3. The average molecular weight is 576 g/mol. The second kappa shape index (κ2) is 12.3. The molecule has 0 aliphatic carbocycles. The van der Waals surface area contributed by atoms with Crippen LogP contribution in [0.1, 0.15) is 29.5 Å². The van der Waals surface area contributed by atoms with Gasteiger partial charge in [-0.2, -0.15) is 4.99 Å². The molecule has 8 nitrogen and oxygen atoms in total. The van der Waals surface area contributed by atoms with Gasteiger partial charge in [-0.25, -0.2) is 4.39 Å². The number of amides is 1. The molecule has 0 aromatic heterocycles. The molecule has 1 aliphatic rings. The molecule has 0 radical (unpaired) electrons. The lowest BCUT2D eigenvalue weighted by molar-refractivity contribution is -0.352. The largest absolute Gasteiger partial charge is 0.573 e. The first-order valence-corrected chi connectivity index (χ1v) is 12.6. The van der Waals surface area contributed by atoms with E-state index in [0.717, 1.165) is 6.07 Å². The Hall–Kier alpha value is -4.61. The van der Waals surface area contributed by atoms with Gasteiger partial charge in [-0.05, 0) is 55.2 Å². The van der Waals surface area contributed by atoms with Crippen LogP contribution < -0.4 is 24.1 Å². The van der Waals surface area contributed by atoms with Crippen LogP contribution in [-0.4, -0.2) is 49.3 Å². The smallest absolute Gasteiger partial charge is 0.496 e. The predicted octanol–water partition coefficient (Wildman–Crippen LogP) is 4.08.